The predicted octanol–water partition coefficient (Wildman–Crippen LogP) is 0.946. The zero-order chi connectivity index (χ0) is 12.4. The van der Waals surface area contributed by atoms with Crippen LogP contribution in [0.1, 0.15) is 26.7 Å². The molecule has 106 valence electrons. The number of likely N-dealkylation sites (tertiary alicyclic amines) is 2. The Morgan fingerprint density at radius 2 is 1.83 bits per heavy atom. The molecule has 2 unspecified atom stereocenters. The Balaban J connectivity index is 0.00000162. The molecule has 0 aliphatic carbocycles. The highest BCUT2D eigenvalue weighted by molar-refractivity contribution is 5.85. The number of nitrogens with zero attached hydrogens (tertiary/aromatic N) is 2. The van der Waals surface area contributed by atoms with E-state index in [0.717, 1.165) is 32.6 Å². The molecule has 2 heterocycles. The smallest absolute Gasteiger partial charge is 0.236 e. The monoisotopic (exact) mass is 275 g/mol. The van der Waals surface area contributed by atoms with Crippen molar-refractivity contribution in [3.8, 4) is 0 Å². The second-order valence-electron chi connectivity index (χ2n) is 6.03. The molecule has 0 spiro atoms. The SMILES string of the molecule is CC1CC(C)CN(C(=O)CN2CC[C@H](N)C2)C1.Cl. The number of piperidine rings is 1. The third-order valence-corrected chi connectivity index (χ3v) is 3.89. The van der Waals surface area contributed by atoms with Crippen molar-refractivity contribution in [2.24, 2.45) is 17.6 Å². The van der Waals surface area contributed by atoms with Gasteiger partial charge in [-0.15, -0.1) is 12.4 Å². The van der Waals surface area contributed by atoms with Gasteiger partial charge in [0.2, 0.25) is 5.91 Å². The number of nitrogens with two attached hydrogens (primary N) is 1. The van der Waals surface area contributed by atoms with Crippen molar-refractivity contribution in [1.82, 2.24) is 9.80 Å². The average Bonchev–Trinajstić information content (AvgIpc) is 2.62. The van der Waals surface area contributed by atoms with Gasteiger partial charge in [-0.1, -0.05) is 13.8 Å². The van der Waals surface area contributed by atoms with Crippen LogP contribution in [-0.2, 0) is 4.79 Å². The van der Waals surface area contributed by atoms with Gasteiger partial charge in [-0.25, -0.2) is 0 Å². The number of carbonyl (C=O) groups excluding carboxylic acids is 1. The highest BCUT2D eigenvalue weighted by Crippen LogP contribution is 2.21. The zero-order valence-corrected chi connectivity index (χ0v) is 12.3. The van der Waals surface area contributed by atoms with Crippen molar-refractivity contribution in [3.05, 3.63) is 0 Å². The topological polar surface area (TPSA) is 49.6 Å². The first-order chi connectivity index (χ1) is 8.04. The summed E-state index contributed by atoms with van der Waals surface area (Å²) in [6.45, 7) is 8.76. The van der Waals surface area contributed by atoms with Crippen LogP contribution in [0.3, 0.4) is 0 Å². The van der Waals surface area contributed by atoms with Gasteiger partial charge in [-0.2, -0.15) is 0 Å². The molecule has 5 heteroatoms. The van der Waals surface area contributed by atoms with E-state index in [9.17, 15) is 4.79 Å². The predicted molar refractivity (Wildman–Crippen MR) is 75.8 cm³/mol. The number of halogens is 1. The van der Waals surface area contributed by atoms with Crippen LogP contribution in [0.25, 0.3) is 0 Å². The number of hydrogen-bond donors (Lipinski definition) is 1. The quantitative estimate of drug-likeness (QED) is 0.816. The lowest BCUT2D eigenvalue weighted by molar-refractivity contribution is -0.134. The molecule has 1 amide bonds. The van der Waals surface area contributed by atoms with Crippen molar-refractivity contribution in [2.45, 2.75) is 32.7 Å². The van der Waals surface area contributed by atoms with Crippen LogP contribution in [0.2, 0.25) is 0 Å². The maximum atomic E-state index is 12.2. The fraction of sp³-hybridized carbons (Fsp3) is 0.923. The lowest BCUT2D eigenvalue weighted by atomic mass is 9.92. The van der Waals surface area contributed by atoms with Gasteiger partial charge in [-0.3, -0.25) is 9.69 Å². The molecule has 2 N–H and O–H groups in total. The van der Waals surface area contributed by atoms with Crippen LogP contribution in [-0.4, -0.2) is 54.5 Å². The summed E-state index contributed by atoms with van der Waals surface area (Å²) in [6, 6.07) is 0.266. The maximum Gasteiger partial charge on any atom is 0.236 e. The Morgan fingerprint density at radius 1 is 1.22 bits per heavy atom. The molecule has 2 rings (SSSR count). The molecule has 0 radical (unpaired) electrons. The Bertz CT molecular complexity index is 277. The van der Waals surface area contributed by atoms with E-state index in [-0.39, 0.29) is 24.4 Å². The summed E-state index contributed by atoms with van der Waals surface area (Å²) < 4.78 is 0. The molecule has 3 atom stereocenters. The standard InChI is InChI=1S/C13H25N3O.ClH/c1-10-5-11(2)7-16(6-10)13(17)9-15-4-3-12(14)8-15;/h10-12H,3-9,14H2,1-2H3;1H/t10?,11?,12-;/m0./s1. The second-order valence-corrected chi connectivity index (χ2v) is 6.03. The van der Waals surface area contributed by atoms with Crippen LogP contribution in [0, 0.1) is 11.8 Å². The minimum atomic E-state index is 0. The summed E-state index contributed by atoms with van der Waals surface area (Å²) >= 11 is 0. The van der Waals surface area contributed by atoms with E-state index >= 15 is 0 Å². The highest BCUT2D eigenvalue weighted by Gasteiger charge is 2.28. The Kier molecular flexibility index (Phi) is 5.89. The molecule has 2 aliphatic rings. The van der Waals surface area contributed by atoms with Crippen molar-refractivity contribution in [3.63, 3.8) is 0 Å². The van der Waals surface area contributed by atoms with Crippen LogP contribution in [0.4, 0.5) is 0 Å². The van der Waals surface area contributed by atoms with E-state index in [4.69, 9.17) is 5.73 Å². The maximum absolute atomic E-state index is 12.2. The van der Waals surface area contributed by atoms with E-state index < -0.39 is 0 Å². The first-order valence-corrected chi connectivity index (χ1v) is 6.80. The van der Waals surface area contributed by atoms with Gasteiger partial charge >= 0.3 is 0 Å². The molecule has 2 fully saturated rings. The minimum Gasteiger partial charge on any atom is -0.341 e. The summed E-state index contributed by atoms with van der Waals surface area (Å²) in [4.78, 5) is 16.4. The van der Waals surface area contributed by atoms with Gasteiger partial charge in [0.25, 0.3) is 0 Å². The van der Waals surface area contributed by atoms with Crippen molar-refractivity contribution in [2.75, 3.05) is 32.7 Å². The Hall–Kier alpha value is -0.320. The zero-order valence-electron chi connectivity index (χ0n) is 11.5. The van der Waals surface area contributed by atoms with E-state index in [1.807, 2.05) is 4.90 Å². The van der Waals surface area contributed by atoms with Crippen molar-refractivity contribution in [1.29, 1.82) is 0 Å². The van der Waals surface area contributed by atoms with E-state index in [0.29, 0.717) is 18.4 Å². The highest BCUT2D eigenvalue weighted by atomic mass is 35.5. The van der Waals surface area contributed by atoms with E-state index in [2.05, 4.69) is 18.7 Å². The number of amides is 1. The lowest BCUT2D eigenvalue weighted by Crippen LogP contribution is -2.46. The molecule has 2 saturated heterocycles. The first kappa shape index (κ1) is 15.7. The lowest BCUT2D eigenvalue weighted by Gasteiger charge is -2.35. The molecule has 0 bridgehead atoms. The van der Waals surface area contributed by atoms with Gasteiger partial charge in [0.1, 0.15) is 0 Å². The summed E-state index contributed by atoms with van der Waals surface area (Å²) in [5.41, 5.74) is 5.86. The molecule has 0 aromatic heterocycles. The normalized spacial score (nSPS) is 33.3. The number of hydrogen-bond acceptors (Lipinski definition) is 3. The molecule has 18 heavy (non-hydrogen) atoms. The summed E-state index contributed by atoms with van der Waals surface area (Å²) in [5, 5.41) is 0. The van der Waals surface area contributed by atoms with E-state index in [1.54, 1.807) is 0 Å². The van der Waals surface area contributed by atoms with Gasteiger partial charge in [-0.05, 0) is 24.7 Å². The average molecular weight is 276 g/mol. The number of carbonyl (C=O) groups is 1. The fourth-order valence-electron chi connectivity index (χ4n) is 3.16. The van der Waals surface area contributed by atoms with Crippen LogP contribution in [0.15, 0.2) is 0 Å². The fourth-order valence-corrected chi connectivity index (χ4v) is 3.16. The van der Waals surface area contributed by atoms with Crippen molar-refractivity contribution < 1.29 is 4.79 Å². The van der Waals surface area contributed by atoms with Crippen LogP contribution >= 0.6 is 12.4 Å². The van der Waals surface area contributed by atoms with Crippen LogP contribution in [0.5, 0.6) is 0 Å². The third-order valence-electron chi connectivity index (χ3n) is 3.89. The molecular formula is C13H26ClN3O. The molecule has 4 nitrogen and oxygen atoms in total. The Morgan fingerprint density at radius 3 is 2.33 bits per heavy atom. The molecule has 2 aliphatic heterocycles. The van der Waals surface area contributed by atoms with Crippen molar-refractivity contribution >= 4 is 18.3 Å². The molecule has 0 saturated carbocycles. The van der Waals surface area contributed by atoms with Gasteiger partial charge in [0.15, 0.2) is 0 Å². The summed E-state index contributed by atoms with van der Waals surface area (Å²) in [7, 11) is 0. The third kappa shape index (κ3) is 4.11. The van der Waals surface area contributed by atoms with Gasteiger partial charge in [0.05, 0.1) is 6.54 Å². The van der Waals surface area contributed by atoms with Crippen LogP contribution < -0.4 is 5.73 Å². The Labute approximate surface area is 116 Å². The second kappa shape index (κ2) is 6.73. The molecule has 0 aromatic carbocycles. The number of rotatable bonds is 2. The minimum absolute atomic E-state index is 0. The summed E-state index contributed by atoms with van der Waals surface area (Å²) in [6.07, 6.45) is 2.28. The largest absolute Gasteiger partial charge is 0.341 e. The molecule has 0 aromatic rings. The van der Waals surface area contributed by atoms with Gasteiger partial charge < -0.3 is 10.6 Å². The molecular weight excluding hydrogens is 250 g/mol. The first-order valence-electron chi connectivity index (χ1n) is 6.80. The van der Waals surface area contributed by atoms with E-state index in [1.165, 1.54) is 6.42 Å². The summed E-state index contributed by atoms with van der Waals surface area (Å²) in [5.74, 6) is 1.57. The van der Waals surface area contributed by atoms with Gasteiger partial charge in [0, 0.05) is 32.2 Å².